The highest BCUT2D eigenvalue weighted by Crippen LogP contribution is 2.15. The first kappa shape index (κ1) is 16.8. The zero-order valence-corrected chi connectivity index (χ0v) is 13.9. The minimum atomic E-state index is -0.182. The Labute approximate surface area is 149 Å². The van der Waals surface area contributed by atoms with E-state index in [0.29, 0.717) is 17.4 Å². The first-order valence-electron chi connectivity index (χ1n) is 7.51. The van der Waals surface area contributed by atoms with Crippen molar-refractivity contribution in [2.45, 2.75) is 13.0 Å². The van der Waals surface area contributed by atoms with Crippen LogP contribution >= 0.6 is 11.6 Å². The van der Waals surface area contributed by atoms with Crippen LogP contribution in [0.15, 0.2) is 49.1 Å². The van der Waals surface area contributed by atoms with E-state index in [0.717, 1.165) is 16.9 Å². The van der Waals surface area contributed by atoms with Crippen molar-refractivity contribution in [2.75, 3.05) is 11.1 Å². The molecule has 7 nitrogen and oxygen atoms in total. The van der Waals surface area contributed by atoms with Crippen LogP contribution in [0.3, 0.4) is 0 Å². The van der Waals surface area contributed by atoms with Crippen LogP contribution in [0.1, 0.15) is 21.9 Å². The number of hydrogen-bond acceptors (Lipinski definition) is 7. The van der Waals surface area contributed by atoms with Gasteiger partial charge in [0.05, 0.1) is 22.9 Å². The zero-order valence-electron chi connectivity index (χ0n) is 13.2. The maximum atomic E-state index is 12.2. The minimum Gasteiger partial charge on any atom is -0.382 e. The fourth-order valence-electron chi connectivity index (χ4n) is 2.21. The number of halogens is 1. The Hall–Kier alpha value is -3.06. The molecule has 3 N–H and O–H groups in total. The number of nitrogens with two attached hydrogens (primary N) is 1. The molecular formula is C17H15ClN6O. The maximum Gasteiger partial charge on any atom is 0.204 e. The number of nitrogens with zero attached hydrogens (tertiary/aromatic N) is 4. The molecule has 0 saturated carbocycles. The minimum absolute atomic E-state index is 0.143. The van der Waals surface area contributed by atoms with E-state index in [-0.39, 0.29) is 18.0 Å². The van der Waals surface area contributed by atoms with Gasteiger partial charge in [0.2, 0.25) is 5.78 Å². The van der Waals surface area contributed by atoms with Gasteiger partial charge < -0.3 is 11.1 Å². The third kappa shape index (κ3) is 4.48. The van der Waals surface area contributed by atoms with Gasteiger partial charge in [-0.15, -0.1) is 0 Å². The third-order valence-electron chi connectivity index (χ3n) is 3.41. The molecule has 25 heavy (non-hydrogen) atoms. The molecule has 3 aromatic heterocycles. The number of rotatable bonds is 6. The molecule has 0 radical (unpaired) electrons. The Bertz CT molecular complexity index is 884. The van der Waals surface area contributed by atoms with E-state index >= 15 is 0 Å². The first-order valence-corrected chi connectivity index (χ1v) is 7.88. The van der Waals surface area contributed by atoms with Crippen molar-refractivity contribution in [1.82, 2.24) is 19.9 Å². The smallest absolute Gasteiger partial charge is 0.204 e. The number of nitrogen functional groups attached to an aromatic ring is 1. The SMILES string of the molecule is Nc1ncccc1NCc1cc(CC(=O)c2ncc(Cl)cn2)ccn1. The molecular weight excluding hydrogens is 340 g/mol. The number of pyridine rings is 2. The molecule has 126 valence electrons. The molecule has 0 fully saturated rings. The number of ketones is 1. The lowest BCUT2D eigenvalue weighted by Gasteiger charge is -2.08. The number of anilines is 2. The molecule has 3 heterocycles. The van der Waals surface area contributed by atoms with Gasteiger partial charge in [-0.05, 0) is 29.8 Å². The van der Waals surface area contributed by atoms with Gasteiger partial charge in [-0.25, -0.2) is 15.0 Å². The van der Waals surface area contributed by atoms with Crippen molar-refractivity contribution in [3.05, 3.63) is 71.2 Å². The van der Waals surface area contributed by atoms with Crippen LogP contribution in [-0.4, -0.2) is 25.7 Å². The fraction of sp³-hybridized carbons (Fsp3) is 0.118. The van der Waals surface area contributed by atoms with Crippen molar-refractivity contribution >= 4 is 28.9 Å². The Morgan fingerprint density at radius 2 is 1.92 bits per heavy atom. The Balaban J connectivity index is 1.66. The number of carbonyl (C=O) groups excluding carboxylic acids is 1. The predicted octanol–water partition coefficient (Wildman–Crippen LogP) is 2.54. The lowest BCUT2D eigenvalue weighted by molar-refractivity contribution is 0.0983. The van der Waals surface area contributed by atoms with Gasteiger partial charge >= 0.3 is 0 Å². The maximum absolute atomic E-state index is 12.2. The molecule has 3 aromatic rings. The van der Waals surface area contributed by atoms with Crippen LogP contribution < -0.4 is 11.1 Å². The van der Waals surface area contributed by atoms with E-state index in [4.69, 9.17) is 17.3 Å². The lowest BCUT2D eigenvalue weighted by Crippen LogP contribution is -2.09. The van der Waals surface area contributed by atoms with Crippen LogP contribution in [0.5, 0.6) is 0 Å². The van der Waals surface area contributed by atoms with E-state index in [2.05, 4.69) is 25.3 Å². The summed E-state index contributed by atoms with van der Waals surface area (Å²) >= 11 is 5.73. The monoisotopic (exact) mass is 354 g/mol. The number of carbonyl (C=O) groups is 1. The number of hydrogen-bond donors (Lipinski definition) is 2. The Morgan fingerprint density at radius 1 is 1.12 bits per heavy atom. The molecule has 0 aliphatic heterocycles. The fourth-order valence-corrected chi connectivity index (χ4v) is 2.31. The molecule has 0 saturated heterocycles. The molecule has 8 heteroatoms. The second-order valence-corrected chi connectivity index (χ2v) is 5.71. The van der Waals surface area contributed by atoms with Crippen LogP contribution in [-0.2, 0) is 13.0 Å². The van der Waals surface area contributed by atoms with Crippen molar-refractivity contribution in [3.63, 3.8) is 0 Å². The van der Waals surface area contributed by atoms with Crippen LogP contribution in [0.4, 0.5) is 11.5 Å². The van der Waals surface area contributed by atoms with Crippen LogP contribution in [0, 0.1) is 0 Å². The van der Waals surface area contributed by atoms with Gasteiger partial charge in [-0.3, -0.25) is 9.78 Å². The first-order chi connectivity index (χ1) is 12.1. The van der Waals surface area contributed by atoms with E-state index < -0.39 is 0 Å². The van der Waals surface area contributed by atoms with E-state index in [1.165, 1.54) is 12.4 Å². The van der Waals surface area contributed by atoms with Gasteiger partial charge in [0, 0.05) is 31.2 Å². The largest absolute Gasteiger partial charge is 0.382 e. The molecule has 0 unspecified atom stereocenters. The summed E-state index contributed by atoms with van der Waals surface area (Å²) in [6.07, 6.45) is 6.29. The molecule has 0 spiro atoms. The second kappa shape index (κ2) is 7.67. The van der Waals surface area contributed by atoms with E-state index in [9.17, 15) is 4.79 Å². The van der Waals surface area contributed by atoms with Crippen molar-refractivity contribution < 1.29 is 4.79 Å². The van der Waals surface area contributed by atoms with Gasteiger partial charge in [0.1, 0.15) is 5.82 Å². The van der Waals surface area contributed by atoms with Gasteiger partial charge in [-0.2, -0.15) is 0 Å². The average Bonchev–Trinajstić information content (AvgIpc) is 2.62. The summed E-state index contributed by atoms with van der Waals surface area (Å²) in [5.41, 5.74) is 8.14. The summed E-state index contributed by atoms with van der Waals surface area (Å²) in [5.74, 6) is 0.385. The Kier molecular flexibility index (Phi) is 5.15. The van der Waals surface area contributed by atoms with Crippen molar-refractivity contribution in [1.29, 1.82) is 0 Å². The normalized spacial score (nSPS) is 10.4. The second-order valence-electron chi connectivity index (χ2n) is 5.27. The molecule has 3 rings (SSSR count). The predicted molar refractivity (Wildman–Crippen MR) is 95.3 cm³/mol. The third-order valence-corrected chi connectivity index (χ3v) is 3.61. The topological polar surface area (TPSA) is 107 Å². The van der Waals surface area contributed by atoms with Gasteiger partial charge in [0.25, 0.3) is 0 Å². The Morgan fingerprint density at radius 3 is 2.68 bits per heavy atom. The summed E-state index contributed by atoms with van der Waals surface area (Å²) in [4.78, 5) is 28.4. The highest BCUT2D eigenvalue weighted by atomic mass is 35.5. The van der Waals surface area contributed by atoms with Gasteiger partial charge in [-0.1, -0.05) is 11.6 Å². The molecule has 0 aliphatic rings. The summed E-state index contributed by atoms with van der Waals surface area (Å²) in [6, 6.07) is 7.28. The summed E-state index contributed by atoms with van der Waals surface area (Å²) < 4.78 is 0. The quantitative estimate of drug-likeness (QED) is 0.655. The standard InChI is InChI=1S/C17H15ClN6O/c18-12-8-23-17(24-9-12)15(25)7-11-3-5-20-13(6-11)10-22-14-2-1-4-21-16(14)19/h1-6,8-9,22H,7,10H2,(H2,19,21). The highest BCUT2D eigenvalue weighted by Gasteiger charge is 2.11. The molecule has 0 amide bonds. The van der Waals surface area contributed by atoms with Crippen molar-refractivity contribution in [3.8, 4) is 0 Å². The van der Waals surface area contributed by atoms with Gasteiger partial charge in [0.15, 0.2) is 5.82 Å². The number of Topliss-reactive ketones (excluding diaryl/α,β-unsaturated/α-hetero) is 1. The van der Waals surface area contributed by atoms with E-state index in [1.807, 2.05) is 12.1 Å². The molecule has 0 bridgehead atoms. The molecule has 0 aromatic carbocycles. The summed E-state index contributed by atoms with van der Waals surface area (Å²) in [5, 5.41) is 3.57. The lowest BCUT2D eigenvalue weighted by atomic mass is 10.1. The van der Waals surface area contributed by atoms with Crippen molar-refractivity contribution in [2.24, 2.45) is 0 Å². The highest BCUT2D eigenvalue weighted by molar-refractivity contribution is 6.30. The average molecular weight is 355 g/mol. The summed E-state index contributed by atoms with van der Waals surface area (Å²) in [6.45, 7) is 0.468. The number of nitrogens with one attached hydrogen (secondary N) is 1. The zero-order chi connectivity index (χ0) is 17.6. The number of aromatic nitrogens is 4. The summed E-state index contributed by atoms with van der Waals surface area (Å²) in [7, 11) is 0. The van der Waals surface area contributed by atoms with E-state index in [1.54, 1.807) is 24.5 Å². The van der Waals surface area contributed by atoms with Crippen LogP contribution in [0.25, 0.3) is 0 Å². The molecule has 0 aliphatic carbocycles. The molecule has 0 atom stereocenters. The van der Waals surface area contributed by atoms with Crippen LogP contribution in [0.2, 0.25) is 5.02 Å².